The van der Waals surface area contributed by atoms with Crippen molar-refractivity contribution in [1.82, 2.24) is 24.8 Å². The number of non-ortho nitro benzene ring substituents is 1. The second-order valence-electron chi connectivity index (χ2n) is 8.28. The molecule has 4 heterocycles. The highest BCUT2D eigenvalue weighted by atomic mass is 16.6. The van der Waals surface area contributed by atoms with Crippen LogP contribution in [0, 0.1) is 10.1 Å². The van der Waals surface area contributed by atoms with Gasteiger partial charge in [0, 0.05) is 67.3 Å². The summed E-state index contributed by atoms with van der Waals surface area (Å²) >= 11 is 0. The van der Waals surface area contributed by atoms with Gasteiger partial charge in [0.25, 0.3) is 5.69 Å². The van der Waals surface area contributed by atoms with Crippen LogP contribution >= 0.6 is 0 Å². The zero-order chi connectivity index (χ0) is 22.4. The Kier molecular flexibility index (Phi) is 4.62. The Balaban J connectivity index is 1.25. The van der Waals surface area contributed by atoms with Crippen LogP contribution in [0.1, 0.15) is 5.56 Å². The van der Waals surface area contributed by atoms with Crippen molar-refractivity contribution >= 4 is 44.3 Å². The van der Waals surface area contributed by atoms with Gasteiger partial charge in [-0.1, -0.05) is 18.2 Å². The SMILES string of the molecule is O=[N+]([O-])c1ccc2[nH]c3c(N4CCN(Cc5ccnc6ccccc56)CC4)ncnc3c2c1. The number of rotatable bonds is 4. The first kappa shape index (κ1) is 19.6. The Morgan fingerprint density at radius 3 is 2.67 bits per heavy atom. The lowest BCUT2D eigenvalue weighted by Gasteiger charge is -2.35. The number of nitro groups is 1. The van der Waals surface area contributed by atoms with Crippen LogP contribution in [-0.4, -0.2) is 55.9 Å². The Morgan fingerprint density at radius 1 is 0.970 bits per heavy atom. The number of H-pyrrole nitrogens is 1. The molecule has 1 N–H and O–H groups in total. The van der Waals surface area contributed by atoms with Crippen LogP contribution < -0.4 is 4.90 Å². The summed E-state index contributed by atoms with van der Waals surface area (Å²) < 4.78 is 0. The van der Waals surface area contributed by atoms with Crippen molar-refractivity contribution in [2.75, 3.05) is 31.1 Å². The second kappa shape index (κ2) is 7.79. The molecule has 0 spiro atoms. The highest BCUT2D eigenvalue weighted by Gasteiger charge is 2.22. The quantitative estimate of drug-likeness (QED) is 0.335. The van der Waals surface area contributed by atoms with Crippen LogP contribution in [0.4, 0.5) is 11.5 Å². The fourth-order valence-corrected chi connectivity index (χ4v) is 4.67. The van der Waals surface area contributed by atoms with Crippen LogP contribution in [0.5, 0.6) is 0 Å². The number of aromatic amines is 1. The average molecular weight is 439 g/mol. The number of nitrogens with one attached hydrogen (secondary N) is 1. The lowest BCUT2D eigenvalue weighted by molar-refractivity contribution is -0.384. The molecule has 0 saturated carbocycles. The van der Waals surface area contributed by atoms with E-state index < -0.39 is 0 Å². The number of anilines is 1. The van der Waals surface area contributed by atoms with E-state index in [9.17, 15) is 10.1 Å². The zero-order valence-electron chi connectivity index (χ0n) is 17.8. The minimum absolute atomic E-state index is 0.0563. The largest absolute Gasteiger partial charge is 0.352 e. The van der Waals surface area contributed by atoms with E-state index in [1.165, 1.54) is 17.0 Å². The standard InChI is InChI=1S/C24H21N7O2/c32-31(33)17-5-6-21-19(13-17)22-23(28-21)24(27-15-26-22)30-11-9-29(10-12-30)14-16-7-8-25-20-4-2-1-3-18(16)20/h1-8,13,15,28H,9-12,14H2. The Morgan fingerprint density at radius 2 is 1.82 bits per heavy atom. The summed E-state index contributed by atoms with van der Waals surface area (Å²) in [5, 5.41) is 13.1. The maximum Gasteiger partial charge on any atom is 0.270 e. The molecule has 0 bridgehead atoms. The molecule has 33 heavy (non-hydrogen) atoms. The van der Waals surface area contributed by atoms with Crippen LogP contribution in [0.25, 0.3) is 32.8 Å². The van der Waals surface area contributed by atoms with Crippen LogP contribution in [0.2, 0.25) is 0 Å². The third-order valence-electron chi connectivity index (χ3n) is 6.36. The van der Waals surface area contributed by atoms with E-state index in [4.69, 9.17) is 0 Å². The molecule has 3 aromatic heterocycles. The molecule has 1 saturated heterocycles. The van der Waals surface area contributed by atoms with Crippen molar-refractivity contribution in [1.29, 1.82) is 0 Å². The van der Waals surface area contributed by atoms with E-state index in [0.29, 0.717) is 5.52 Å². The van der Waals surface area contributed by atoms with Gasteiger partial charge in [0.05, 0.1) is 10.4 Å². The number of benzene rings is 2. The van der Waals surface area contributed by atoms with Gasteiger partial charge in [-0.2, -0.15) is 0 Å². The number of hydrogen-bond acceptors (Lipinski definition) is 7. The van der Waals surface area contributed by atoms with Gasteiger partial charge in [-0.25, -0.2) is 9.97 Å². The summed E-state index contributed by atoms with van der Waals surface area (Å²) in [6.07, 6.45) is 3.42. The molecule has 2 aromatic carbocycles. The van der Waals surface area contributed by atoms with Crippen molar-refractivity contribution in [3.05, 3.63) is 76.7 Å². The lowest BCUT2D eigenvalue weighted by Crippen LogP contribution is -2.46. The summed E-state index contributed by atoms with van der Waals surface area (Å²) in [5.41, 5.74) is 4.72. The summed E-state index contributed by atoms with van der Waals surface area (Å²) in [7, 11) is 0. The fourth-order valence-electron chi connectivity index (χ4n) is 4.67. The van der Waals surface area contributed by atoms with Gasteiger partial charge in [-0.05, 0) is 23.8 Å². The summed E-state index contributed by atoms with van der Waals surface area (Å²) in [4.78, 5) is 32.3. The summed E-state index contributed by atoms with van der Waals surface area (Å²) in [5.74, 6) is 0.841. The molecule has 1 aliphatic heterocycles. The first-order valence-corrected chi connectivity index (χ1v) is 10.9. The number of nitro benzene ring substituents is 1. The highest BCUT2D eigenvalue weighted by molar-refractivity contribution is 6.08. The second-order valence-corrected chi connectivity index (χ2v) is 8.28. The number of hydrogen-bond donors (Lipinski definition) is 1. The smallest absolute Gasteiger partial charge is 0.270 e. The van der Waals surface area contributed by atoms with E-state index in [2.05, 4.69) is 47.9 Å². The number of aromatic nitrogens is 4. The van der Waals surface area contributed by atoms with Gasteiger partial charge >= 0.3 is 0 Å². The molecule has 0 amide bonds. The predicted octanol–water partition coefficient (Wildman–Crippen LogP) is 3.89. The van der Waals surface area contributed by atoms with Crippen molar-refractivity contribution in [2.45, 2.75) is 6.54 Å². The van der Waals surface area contributed by atoms with Gasteiger partial charge in [0.2, 0.25) is 0 Å². The maximum atomic E-state index is 11.2. The van der Waals surface area contributed by atoms with E-state index in [-0.39, 0.29) is 10.6 Å². The molecule has 6 rings (SSSR count). The van der Waals surface area contributed by atoms with E-state index in [0.717, 1.165) is 60.5 Å². The molecule has 1 fully saturated rings. The number of pyridine rings is 1. The molecule has 1 aliphatic rings. The molecule has 164 valence electrons. The molecule has 0 unspecified atom stereocenters. The van der Waals surface area contributed by atoms with Crippen molar-refractivity contribution < 1.29 is 4.92 Å². The Bertz CT molecular complexity index is 1500. The summed E-state index contributed by atoms with van der Waals surface area (Å²) in [6.45, 7) is 4.38. The van der Waals surface area contributed by atoms with Gasteiger partial charge in [-0.15, -0.1) is 0 Å². The highest BCUT2D eigenvalue weighted by Crippen LogP contribution is 2.32. The number of fused-ring (bicyclic) bond motifs is 4. The number of para-hydroxylation sites is 1. The van der Waals surface area contributed by atoms with Crippen LogP contribution in [-0.2, 0) is 6.54 Å². The number of piperazine rings is 1. The van der Waals surface area contributed by atoms with Crippen LogP contribution in [0.3, 0.4) is 0 Å². The van der Waals surface area contributed by atoms with Gasteiger partial charge in [0.1, 0.15) is 17.4 Å². The van der Waals surface area contributed by atoms with E-state index in [1.54, 1.807) is 18.5 Å². The van der Waals surface area contributed by atoms with Crippen molar-refractivity contribution in [3.63, 3.8) is 0 Å². The molecule has 0 atom stereocenters. The minimum atomic E-state index is -0.383. The molecular weight excluding hydrogens is 418 g/mol. The summed E-state index contributed by atoms with van der Waals surface area (Å²) in [6, 6.07) is 15.2. The lowest BCUT2D eigenvalue weighted by atomic mass is 10.1. The van der Waals surface area contributed by atoms with Gasteiger partial charge in [0.15, 0.2) is 5.82 Å². The zero-order valence-corrected chi connectivity index (χ0v) is 17.8. The first-order valence-electron chi connectivity index (χ1n) is 10.9. The van der Waals surface area contributed by atoms with E-state index in [1.807, 2.05) is 18.3 Å². The normalized spacial score (nSPS) is 15.0. The monoisotopic (exact) mass is 439 g/mol. The molecule has 9 nitrogen and oxygen atoms in total. The Labute approximate surface area is 188 Å². The number of nitrogens with zero attached hydrogens (tertiary/aromatic N) is 6. The third-order valence-corrected chi connectivity index (χ3v) is 6.36. The van der Waals surface area contributed by atoms with Crippen molar-refractivity contribution in [2.24, 2.45) is 0 Å². The minimum Gasteiger partial charge on any atom is -0.352 e. The van der Waals surface area contributed by atoms with Gasteiger partial charge in [-0.3, -0.25) is 20.0 Å². The molecule has 0 aliphatic carbocycles. The maximum absolute atomic E-state index is 11.2. The molecule has 9 heteroatoms. The topological polar surface area (TPSA) is 104 Å². The Hall–Kier alpha value is -4.11. The molecule has 5 aromatic rings. The third kappa shape index (κ3) is 3.42. The predicted molar refractivity (Wildman–Crippen MR) is 127 cm³/mol. The van der Waals surface area contributed by atoms with Crippen molar-refractivity contribution in [3.8, 4) is 0 Å². The molecular formula is C24H21N7O2. The van der Waals surface area contributed by atoms with Gasteiger partial charge < -0.3 is 9.88 Å². The fraction of sp³-hybridized carbons (Fsp3) is 0.208. The van der Waals surface area contributed by atoms with E-state index >= 15 is 0 Å². The molecule has 0 radical (unpaired) electrons. The van der Waals surface area contributed by atoms with Crippen LogP contribution in [0.15, 0.2) is 61.1 Å². The average Bonchev–Trinajstić information content (AvgIpc) is 3.23. The first-order chi connectivity index (χ1) is 16.2.